The second-order valence-electron chi connectivity index (χ2n) is 5.40. The third-order valence-corrected chi connectivity index (χ3v) is 3.99. The van der Waals surface area contributed by atoms with Crippen LogP contribution in [0.4, 0.5) is 0 Å². The molecule has 4 rings (SSSR count). The SMILES string of the molecule is Cc1cc2ncn(-c3ccc4ccccc4n3)c2cc1C. The lowest BCUT2D eigenvalue weighted by atomic mass is 10.1. The van der Waals surface area contributed by atoms with Gasteiger partial charge in [-0.15, -0.1) is 0 Å². The van der Waals surface area contributed by atoms with Crippen molar-refractivity contribution >= 4 is 21.9 Å². The van der Waals surface area contributed by atoms with E-state index in [1.54, 1.807) is 0 Å². The van der Waals surface area contributed by atoms with E-state index in [0.29, 0.717) is 0 Å². The Kier molecular flexibility index (Phi) is 2.54. The van der Waals surface area contributed by atoms with Crippen LogP contribution in [-0.4, -0.2) is 14.5 Å². The van der Waals surface area contributed by atoms with Gasteiger partial charge in [-0.25, -0.2) is 9.97 Å². The summed E-state index contributed by atoms with van der Waals surface area (Å²) in [7, 11) is 0. The summed E-state index contributed by atoms with van der Waals surface area (Å²) in [6.45, 7) is 4.24. The zero-order valence-corrected chi connectivity index (χ0v) is 12.0. The monoisotopic (exact) mass is 273 g/mol. The van der Waals surface area contributed by atoms with Crippen LogP contribution in [0.2, 0.25) is 0 Å². The van der Waals surface area contributed by atoms with Gasteiger partial charge in [-0.3, -0.25) is 4.57 Å². The molecule has 2 aromatic carbocycles. The molecular formula is C18H15N3. The number of benzene rings is 2. The molecule has 21 heavy (non-hydrogen) atoms. The van der Waals surface area contributed by atoms with Crippen molar-refractivity contribution < 1.29 is 0 Å². The van der Waals surface area contributed by atoms with Gasteiger partial charge in [0, 0.05) is 5.39 Å². The Labute approximate surface area is 122 Å². The molecule has 0 radical (unpaired) electrons. The van der Waals surface area contributed by atoms with E-state index >= 15 is 0 Å². The largest absolute Gasteiger partial charge is 0.283 e. The maximum absolute atomic E-state index is 4.74. The topological polar surface area (TPSA) is 30.7 Å². The lowest BCUT2D eigenvalue weighted by Gasteiger charge is -2.06. The van der Waals surface area contributed by atoms with Crippen molar-refractivity contribution in [2.24, 2.45) is 0 Å². The number of hydrogen-bond donors (Lipinski definition) is 0. The van der Waals surface area contributed by atoms with Crippen LogP contribution < -0.4 is 0 Å². The van der Waals surface area contributed by atoms with Gasteiger partial charge in [0.1, 0.15) is 12.1 Å². The highest BCUT2D eigenvalue weighted by Gasteiger charge is 2.08. The third-order valence-electron chi connectivity index (χ3n) is 3.99. The Balaban J connectivity index is 1.97. The van der Waals surface area contributed by atoms with Crippen molar-refractivity contribution in [2.75, 3.05) is 0 Å². The van der Waals surface area contributed by atoms with Gasteiger partial charge < -0.3 is 0 Å². The van der Waals surface area contributed by atoms with Crippen molar-refractivity contribution in [3.63, 3.8) is 0 Å². The Hall–Kier alpha value is -2.68. The molecule has 2 aromatic heterocycles. The minimum Gasteiger partial charge on any atom is -0.283 e. The van der Waals surface area contributed by atoms with Gasteiger partial charge in [0.25, 0.3) is 0 Å². The summed E-state index contributed by atoms with van der Waals surface area (Å²) in [6.07, 6.45) is 1.85. The summed E-state index contributed by atoms with van der Waals surface area (Å²) >= 11 is 0. The summed E-state index contributed by atoms with van der Waals surface area (Å²) in [4.78, 5) is 9.24. The standard InChI is InChI=1S/C18H15N3/c1-12-9-16-17(10-13(12)2)21(11-19-16)18-8-7-14-5-3-4-6-15(14)20-18/h3-11H,1-2H3. The minimum atomic E-state index is 0.902. The van der Waals surface area contributed by atoms with E-state index in [1.807, 2.05) is 35.2 Å². The lowest BCUT2D eigenvalue weighted by molar-refractivity contribution is 1.04. The predicted molar refractivity (Wildman–Crippen MR) is 85.8 cm³/mol. The van der Waals surface area contributed by atoms with Crippen LogP contribution in [0.1, 0.15) is 11.1 Å². The number of nitrogens with zero attached hydrogens (tertiary/aromatic N) is 3. The Bertz CT molecular complexity index is 967. The zero-order valence-electron chi connectivity index (χ0n) is 12.0. The Morgan fingerprint density at radius 1 is 0.857 bits per heavy atom. The summed E-state index contributed by atoms with van der Waals surface area (Å²) in [5.41, 5.74) is 5.64. The van der Waals surface area contributed by atoms with Gasteiger partial charge in [-0.2, -0.15) is 0 Å². The molecule has 3 nitrogen and oxygen atoms in total. The number of hydrogen-bond acceptors (Lipinski definition) is 2. The first kappa shape index (κ1) is 12.1. The average molecular weight is 273 g/mol. The number of imidazole rings is 1. The van der Waals surface area contributed by atoms with Gasteiger partial charge in [0.05, 0.1) is 16.6 Å². The van der Waals surface area contributed by atoms with E-state index < -0.39 is 0 Å². The molecule has 0 saturated heterocycles. The molecule has 0 saturated carbocycles. The van der Waals surface area contributed by atoms with E-state index in [4.69, 9.17) is 4.98 Å². The molecule has 0 aliphatic rings. The molecule has 0 atom stereocenters. The molecule has 0 N–H and O–H groups in total. The second kappa shape index (κ2) is 4.42. The normalized spacial score (nSPS) is 11.3. The molecular weight excluding hydrogens is 258 g/mol. The lowest BCUT2D eigenvalue weighted by Crippen LogP contribution is -1.96. The number of aromatic nitrogens is 3. The van der Waals surface area contributed by atoms with Crippen LogP contribution in [0, 0.1) is 13.8 Å². The molecule has 3 heteroatoms. The van der Waals surface area contributed by atoms with Crippen LogP contribution in [0.25, 0.3) is 27.8 Å². The van der Waals surface area contributed by atoms with E-state index in [9.17, 15) is 0 Å². The highest BCUT2D eigenvalue weighted by molar-refractivity contribution is 5.82. The first-order chi connectivity index (χ1) is 10.2. The fourth-order valence-corrected chi connectivity index (χ4v) is 2.64. The van der Waals surface area contributed by atoms with Crippen LogP contribution in [-0.2, 0) is 0 Å². The Morgan fingerprint density at radius 2 is 1.67 bits per heavy atom. The Morgan fingerprint density at radius 3 is 2.57 bits per heavy atom. The second-order valence-corrected chi connectivity index (χ2v) is 5.40. The third kappa shape index (κ3) is 1.89. The summed E-state index contributed by atoms with van der Waals surface area (Å²) in [5.74, 6) is 0.902. The number of aryl methyl sites for hydroxylation is 2. The fourth-order valence-electron chi connectivity index (χ4n) is 2.64. The first-order valence-electron chi connectivity index (χ1n) is 7.03. The molecule has 0 aliphatic carbocycles. The molecule has 0 spiro atoms. The van der Waals surface area contributed by atoms with Crippen molar-refractivity contribution in [1.82, 2.24) is 14.5 Å². The molecule has 4 aromatic rings. The molecule has 0 amide bonds. The smallest absolute Gasteiger partial charge is 0.139 e. The van der Waals surface area contributed by atoms with E-state index in [0.717, 1.165) is 27.8 Å². The highest BCUT2D eigenvalue weighted by atomic mass is 15.1. The molecule has 0 unspecified atom stereocenters. The fraction of sp³-hybridized carbons (Fsp3) is 0.111. The van der Waals surface area contributed by atoms with E-state index in [-0.39, 0.29) is 0 Å². The number of rotatable bonds is 1. The van der Waals surface area contributed by atoms with Gasteiger partial charge in [0.15, 0.2) is 0 Å². The summed E-state index contributed by atoms with van der Waals surface area (Å²) < 4.78 is 2.05. The number of para-hydroxylation sites is 1. The molecule has 2 heterocycles. The summed E-state index contributed by atoms with van der Waals surface area (Å²) in [6, 6.07) is 16.6. The quantitative estimate of drug-likeness (QED) is 0.520. The molecule has 0 fully saturated rings. The maximum Gasteiger partial charge on any atom is 0.139 e. The van der Waals surface area contributed by atoms with Crippen molar-refractivity contribution in [3.8, 4) is 5.82 Å². The van der Waals surface area contributed by atoms with Gasteiger partial charge in [0.2, 0.25) is 0 Å². The van der Waals surface area contributed by atoms with E-state index in [2.05, 4.69) is 43.1 Å². The van der Waals surface area contributed by atoms with Crippen LogP contribution >= 0.6 is 0 Å². The van der Waals surface area contributed by atoms with E-state index in [1.165, 1.54) is 11.1 Å². The molecule has 0 bridgehead atoms. The van der Waals surface area contributed by atoms with Crippen LogP contribution in [0.3, 0.4) is 0 Å². The summed E-state index contributed by atoms with van der Waals surface area (Å²) in [5, 5.41) is 1.15. The predicted octanol–water partition coefficient (Wildman–Crippen LogP) is 4.19. The molecule has 102 valence electrons. The van der Waals surface area contributed by atoms with Crippen LogP contribution in [0.15, 0.2) is 54.9 Å². The van der Waals surface area contributed by atoms with Crippen molar-refractivity contribution in [2.45, 2.75) is 13.8 Å². The van der Waals surface area contributed by atoms with Gasteiger partial charge in [-0.05, 0) is 55.3 Å². The average Bonchev–Trinajstić information content (AvgIpc) is 2.90. The van der Waals surface area contributed by atoms with Gasteiger partial charge >= 0.3 is 0 Å². The van der Waals surface area contributed by atoms with Crippen LogP contribution in [0.5, 0.6) is 0 Å². The first-order valence-corrected chi connectivity index (χ1v) is 7.03. The van der Waals surface area contributed by atoms with Crippen molar-refractivity contribution in [3.05, 3.63) is 66.0 Å². The highest BCUT2D eigenvalue weighted by Crippen LogP contribution is 2.22. The number of pyridine rings is 1. The number of fused-ring (bicyclic) bond motifs is 2. The zero-order chi connectivity index (χ0) is 14.4. The van der Waals surface area contributed by atoms with Gasteiger partial charge in [-0.1, -0.05) is 18.2 Å². The molecule has 0 aliphatic heterocycles. The minimum absolute atomic E-state index is 0.902. The maximum atomic E-state index is 4.74. The van der Waals surface area contributed by atoms with Crippen molar-refractivity contribution in [1.29, 1.82) is 0 Å².